The molecule has 0 aliphatic heterocycles. The second-order valence-corrected chi connectivity index (χ2v) is 3.24. The van der Waals surface area contributed by atoms with Crippen LogP contribution in [0.15, 0.2) is 0 Å². The van der Waals surface area contributed by atoms with Gasteiger partial charge in [-0.3, -0.25) is 4.79 Å². The molecule has 1 saturated carbocycles. The molecular weight excluding hydrogens is 152 g/mol. The summed E-state index contributed by atoms with van der Waals surface area (Å²) in [6.45, 7) is 0. The highest BCUT2D eigenvalue weighted by atomic mass is 16.5. The number of carbonyl (C=O) groups is 1. The minimum atomic E-state index is -0.0783. The van der Waals surface area contributed by atoms with Crippen molar-refractivity contribution in [2.45, 2.75) is 25.7 Å². The second kappa shape index (κ2) is 4.15. The Labute approximate surface area is 73.3 Å². The molecule has 0 amide bonds. The van der Waals surface area contributed by atoms with E-state index in [1.54, 1.807) is 0 Å². The lowest BCUT2D eigenvalue weighted by Gasteiger charge is -2.23. The van der Waals surface area contributed by atoms with Crippen molar-refractivity contribution < 1.29 is 9.53 Å². The molecule has 0 bridgehead atoms. The molecule has 0 atom stereocenters. The lowest BCUT2D eigenvalue weighted by molar-refractivity contribution is -0.146. The third-order valence-electron chi connectivity index (χ3n) is 2.50. The van der Waals surface area contributed by atoms with Gasteiger partial charge in [-0.2, -0.15) is 0 Å². The van der Waals surface area contributed by atoms with E-state index in [0.29, 0.717) is 5.92 Å². The molecule has 0 aromatic carbocycles. The first-order valence-corrected chi connectivity index (χ1v) is 4.32. The summed E-state index contributed by atoms with van der Waals surface area (Å²) in [6, 6.07) is 0. The molecule has 1 aliphatic rings. The average Bonchev–Trinajstić information content (AvgIpc) is 2.17. The Morgan fingerprint density at radius 2 is 2.00 bits per heavy atom. The molecule has 66 valence electrons. The number of esters is 1. The molecule has 0 aromatic heterocycles. The first-order chi connectivity index (χ1) is 5.77. The quantitative estimate of drug-likeness (QED) is 0.437. The van der Waals surface area contributed by atoms with E-state index >= 15 is 0 Å². The molecule has 1 fully saturated rings. The highest BCUT2D eigenvalue weighted by molar-refractivity contribution is 5.72. The van der Waals surface area contributed by atoms with Gasteiger partial charge in [0, 0.05) is 5.92 Å². The molecule has 0 saturated heterocycles. The first-order valence-electron chi connectivity index (χ1n) is 4.32. The zero-order valence-corrected chi connectivity index (χ0v) is 7.38. The fourth-order valence-electron chi connectivity index (χ4n) is 1.66. The van der Waals surface area contributed by atoms with Crippen LogP contribution in [0.5, 0.6) is 0 Å². The van der Waals surface area contributed by atoms with E-state index in [-0.39, 0.29) is 11.9 Å². The number of rotatable bonds is 1. The highest BCUT2D eigenvalue weighted by Gasteiger charge is 2.25. The standard InChI is InChI=1S/C10H14O2/c1-3-8-4-6-9(7-5-8)10(11)12-2/h1,8-9H,4-7H2,2H3. The van der Waals surface area contributed by atoms with Crippen molar-refractivity contribution in [2.24, 2.45) is 11.8 Å². The fourth-order valence-corrected chi connectivity index (χ4v) is 1.66. The van der Waals surface area contributed by atoms with Crippen LogP contribution in [0.2, 0.25) is 0 Å². The van der Waals surface area contributed by atoms with Gasteiger partial charge >= 0.3 is 5.97 Å². The SMILES string of the molecule is C#CC1CCC(C(=O)OC)CC1. The maximum atomic E-state index is 11.1. The number of ether oxygens (including phenoxy) is 1. The summed E-state index contributed by atoms with van der Waals surface area (Å²) in [4.78, 5) is 11.1. The van der Waals surface area contributed by atoms with E-state index in [9.17, 15) is 4.79 Å². The normalized spacial score (nSPS) is 29.0. The van der Waals surface area contributed by atoms with Crippen molar-refractivity contribution in [3.63, 3.8) is 0 Å². The molecular formula is C10H14O2. The van der Waals surface area contributed by atoms with Crippen LogP contribution >= 0.6 is 0 Å². The van der Waals surface area contributed by atoms with Gasteiger partial charge in [-0.25, -0.2) is 0 Å². The van der Waals surface area contributed by atoms with Crippen LogP contribution in [0.25, 0.3) is 0 Å². The van der Waals surface area contributed by atoms with Crippen LogP contribution < -0.4 is 0 Å². The van der Waals surface area contributed by atoms with Gasteiger partial charge in [0.1, 0.15) is 0 Å². The number of carbonyl (C=O) groups excluding carboxylic acids is 1. The van der Waals surface area contributed by atoms with E-state index in [0.717, 1.165) is 25.7 Å². The van der Waals surface area contributed by atoms with Crippen molar-refractivity contribution in [1.82, 2.24) is 0 Å². The monoisotopic (exact) mass is 166 g/mol. The molecule has 0 unspecified atom stereocenters. The van der Waals surface area contributed by atoms with E-state index < -0.39 is 0 Å². The van der Waals surface area contributed by atoms with Gasteiger partial charge < -0.3 is 4.74 Å². The number of hydrogen-bond acceptors (Lipinski definition) is 2. The smallest absolute Gasteiger partial charge is 0.308 e. The van der Waals surface area contributed by atoms with E-state index in [1.807, 2.05) is 0 Å². The number of methoxy groups -OCH3 is 1. The van der Waals surface area contributed by atoms with Crippen molar-refractivity contribution in [3.05, 3.63) is 0 Å². The van der Waals surface area contributed by atoms with Gasteiger partial charge in [-0.15, -0.1) is 12.3 Å². The predicted molar refractivity (Wildman–Crippen MR) is 46.3 cm³/mol. The van der Waals surface area contributed by atoms with Crippen LogP contribution in [-0.2, 0) is 9.53 Å². The fraction of sp³-hybridized carbons (Fsp3) is 0.700. The summed E-state index contributed by atoms with van der Waals surface area (Å²) in [6.07, 6.45) is 9.01. The molecule has 0 heterocycles. The maximum Gasteiger partial charge on any atom is 0.308 e. The van der Waals surface area contributed by atoms with Gasteiger partial charge in [0.05, 0.1) is 13.0 Å². The summed E-state index contributed by atoms with van der Waals surface area (Å²) >= 11 is 0. The minimum Gasteiger partial charge on any atom is -0.469 e. The molecule has 2 nitrogen and oxygen atoms in total. The summed E-state index contributed by atoms with van der Waals surface area (Å²) in [5, 5.41) is 0. The number of terminal acetylenes is 1. The van der Waals surface area contributed by atoms with Crippen LogP contribution in [0, 0.1) is 24.2 Å². The molecule has 0 radical (unpaired) electrons. The van der Waals surface area contributed by atoms with Crippen LogP contribution in [0.1, 0.15) is 25.7 Å². The molecule has 12 heavy (non-hydrogen) atoms. The minimum absolute atomic E-state index is 0.0783. The van der Waals surface area contributed by atoms with E-state index in [4.69, 9.17) is 6.42 Å². The lowest BCUT2D eigenvalue weighted by atomic mass is 9.82. The predicted octanol–water partition coefficient (Wildman–Crippen LogP) is 1.60. The Balaban J connectivity index is 2.37. The Bertz CT molecular complexity index is 194. The average molecular weight is 166 g/mol. The number of hydrogen-bond donors (Lipinski definition) is 0. The molecule has 0 spiro atoms. The van der Waals surface area contributed by atoms with Crippen molar-refractivity contribution in [3.8, 4) is 12.3 Å². The van der Waals surface area contributed by atoms with Gasteiger partial charge in [0.2, 0.25) is 0 Å². The topological polar surface area (TPSA) is 26.3 Å². The van der Waals surface area contributed by atoms with E-state index in [2.05, 4.69) is 10.7 Å². The summed E-state index contributed by atoms with van der Waals surface area (Å²) < 4.78 is 4.67. The van der Waals surface area contributed by atoms with Gasteiger partial charge in [-0.05, 0) is 25.7 Å². The largest absolute Gasteiger partial charge is 0.469 e. The Morgan fingerprint density at radius 3 is 2.42 bits per heavy atom. The van der Waals surface area contributed by atoms with Crippen molar-refractivity contribution in [2.75, 3.05) is 7.11 Å². The van der Waals surface area contributed by atoms with Crippen molar-refractivity contribution in [1.29, 1.82) is 0 Å². The van der Waals surface area contributed by atoms with E-state index in [1.165, 1.54) is 7.11 Å². The van der Waals surface area contributed by atoms with Gasteiger partial charge in [0.25, 0.3) is 0 Å². The molecule has 1 aliphatic carbocycles. The van der Waals surface area contributed by atoms with Gasteiger partial charge in [0.15, 0.2) is 0 Å². The summed E-state index contributed by atoms with van der Waals surface area (Å²) in [7, 11) is 1.44. The maximum absolute atomic E-state index is 11.1. The summed E-state index contributed by atoms with van der Waals surface area (Å²) in [5.74, 6) is 3.13. The Morgan fingerprint density at radius 1 is 1.42 bits per heavy atom. The molecule has 0 aromatic rings. The Kier molecular flexibility index (Phi) is 3.16. The lowest BCUT2D eigenvalue weighted by Crippen LogP contribution is -2.22. The van der Waals surface area contributed by atoms with Crippen LogP contribution in [-0.4, -0.2) is 13.1 Å². The first kappa shape index (κ1) is 9.12. The molecule has 0 N–H and O–H groups in total. The van der Waals surface area contributed by atoms with Crippen LogP contribution in [0.4, 0.5) is 0 Å². The molecule has 1 rings (SSSR count). The summed E-state index contributed by atoms with van der Waals surface area (Å²) in [5.41, 5.74) is 0. The third kappa shape index (κ3) is 2.01. The molecule has 2 heteroatoms. The third-order valence-corrected chi connectivity index (χ3v) is 2.50. The zero-order chi connectivity index (χ0) is 8.97. The Hall–Kier alpha value is -0.970. The van der Waals surface area contributed by atoms with Crippen LogP contribution in [0.3, 0.4) is 0 Å². The highest BCUT2D eigenvalue weighted by Crippen LogP contribution is 2.28. The van der Waals surface area contributed by atoms with Crippen molar-refractivity contribution >= 4 is 5.97 Å². The van der Waals surface area contributed by atoms with Gasteiger partial charge in [-0.1, -0.05) is 0 Å². The second-order valence-electron chi connectivity index (χ2n) is 3.24. The zero-order valence-electron chi connectivity index (χ0n) is 7.38.